The predicted octanol–water partition coefficient (Wildman–Crippen LogP) is 1.84. The number of aliphatic hydroxyl groups is 4. The number of aliphatic hydroxyl groups excluding tert-OH is 3. The summed E-state index contributed by atoms with van der Waals surface area (Å²) in [7, 11) is 0. The molecule has 0 spiro atoms. The maximum absolute atomic E-state index is 12.1. The lowest BCUT2D eigenvalue weighted by Gasteiger charge is -2.46. The molecular formula is C36H38N4O12. The molecule has 0 radical (unpaired) electrons. The molecule has 16 nitrogen and oxygen atoms in total. The zero-order valence-corrected chi connectivity index (χ0v) is 27.6. The van der Waals surface area contributed by atoms with E-state index >= 15 is 0 Å². The molecule has 52 heavy (non-hydrogen) atoms. The van der Waals surface area contributed by atoms with Crippen LogP contribution in [0.5, 0.6) is 28.7 Å². The number of nitrogens with one attached hydrogen (secondary N) is 1. The van der Waals surface area contributed by atoms with E-state index in [0.717, 1.165) is 23.6 Å². The minimum absolute atomic E-state index is 0.0276. The fourth-order valence-electron chi connectivity index (χ4n) is 6.45. The van der Waals surface area contributed by atoms with E-state index in [1.54, 1.807) is 12.1 Å². The summed E-state index contributed by atoms with van der Waals surface area (Å²) in [5.41, 5.74) is 10.8. The first kappa shape index (κ1) is 35.9. The minimum atomic E-state index is -2.72. The number of nitrogens with zero attached hydrogens (tertiary/aromatic N) is 1. The number of phenolic OH excluding ortho intramolecular Hbond substituents is 3. The quantitative estimate of drug-likeness (QED) is 0.0634. The first-order valence-electron chi connectivity index (χ1n) is 16.1. The Morgan fingerprint density at radius 1 is 1.00 bits per heavy atom. The Balaban J connectivity index is 1.49. The molecule has 3 heterocycles. The molecule has 1 aromatic heterocycles. The van der Waals surface area contributed by atoms with Gasteiger partial charge in [-0.25, -0.2) is 4.79 Å². The highest BCUT2D eigenvalue weighted by Crippen LogP contribution is 2.55. The van der Waals surface area contributed by atoms with E-state index in [4.69, 9.17) is 25.7 Å². The number of guanidine groups is 1. The molecule has 1 unspecified atom stereocenters. The average Bonchev–Trinajstić information content (AvgIpc) is 3.60. The van der Waals surface area contributed by atoms with Crippen LogP contribution in [0, 0.1) is 0 Å². The number of aliphatic imine (C=N–C) groups is 1. The van der Waals surface area contributed by atoms with Crippen LogP contribution in [0.15, 0.2) is 83.5 Å². The van der Waals surface area contributed by atoms with Crippen LogP contribution in [-0.4, -0.2) is 94.5 Å². The summed E-state index contributed by atoms with van der Waals surface area (Å²) in [5, 5.41) is 87.4. The average molecular weight is 719 g/mol. The number of H-pyrrole nitrogens is 1. The van der Waals surface area contributed by atoms with Crippen molar-refractivity contribution >= 4 is 17.7 Å². The van der Waals surface area contributed by atoms with Gasteiger partial charge in [-0.2, -0.15) is 0 Å². The van der Waals surface area contributed by atoms with Crippen molar-refractivity contribution in [1.29, 1.82) is 0 Å². The summed E-state index contributed by atoms with van der Waals surface area (Å²) in [5.74, 6) is -6.15. The molecule has 6 rings (SSSR count). The normalized spacial score (nSPS) is 24.7. The Labute approximate surface area is 296 Å². The second kappa shape index (κ2) is 14.0. The molecule has 0 bridgehead atoms. The predicted molar refractivity (Wildman–Crippen MR) is 184 cm³/mol. The zero-order valence-electron chi connectivity index (χ0n) is 27.6. The summed E-state index contributed by atoms with van der Waals surface area (Å²) in [4.78, 5) is 18.9. The fraction of sp³-hybridized carbons (Fsp3) is 0.278. The van der Waals surface area contributed by atoms with Crippen molar-refractivity contribution in [2.45, 2.75) is 55.6 Å². The van der Waals surface area contributed by atoms with Gasteiger partial charge in [0.2, 0.25) is 12.0 Å². The van der Waals surface area contributed by atoms with E-state index in [-0.39, 0.29) is 22.6 Å². The molecule has 0 amide bonds. The highest BCUT2D eigenvalue weighted by Gasteiger charge is 2.58. The smallest absolute Gasteiger partial charge is 0.335 e. The lowest BCUT2D eigenvalue weighted by molar-refractivity contribution is -0.303. The van der Waals surface area contributed by atoms with Crippen LogP contribution in [0.3, 0.4) is 0 Å². The number of aromatic nitrogens is 1. The number of aromatic hydroxyl groups is 3. The standard InChI is InChI=1S/C36H38N4O12/c1-2-16-12-20(39-14-16)23(17-6-4-3-5-7-17)25-27(43)24-21(50-29(25)18-8-10-19(41)11-9-18)13-22(26(42)28(24)44)51-34-32(46)36(49,15-40-35(37)38)31(45)30(52-34)33(47)48/h3-14,23,29-32,34,39,41-46,49H,2,15H2,1H3,(H,47,48)(H4,37,38,40)/t23-,29?,30+,31-,32+,34-,36+/m1/s1. The van der Waals surface area contributed by atoms with Crippen LogP contribution in [0.2, 0.25) is 0 Å². The van der Waals surface area contributed by atoms with Crippen LogP contribution in [-0.2, 0) is 16.0 Å². The summed E-state index contributed by atoms with van der Waals surface area (Å²) in [6.07, 6.45) is -7.22. The van der Waals surface area contributed by atoms with E-state index in [0.29, 0.717) is 11.3 Å². The number of hydrogen-bond acceptors (Lipinski definition) is 12. The van der Waals surface area contributed by atoms with Gasteiger partial charge in [0.25, 0.3) is 0 Å². The number of aryl methyl sites for hydroxylation is 1. The lowest BCUT2D eigenvalue weighted by atomic mass is 9.80. The highest BCUT2D eigenvalue weighted by atomic mass is 16.7. The minimum Gasteiger partial charge on any atom is -0.508 e. The van der Waals surface area contributed by atoms with Gasteiger partial charge >= 0.3 is 5.97 Å². The summed E-state index contributed by atoms with van der Waals surface area (Å²) in [6.45, 7) is 1.13. The Hall–Kier alpha value is -5.94. The van der Waals surface area contributed by atoms with Crippen LogP contribution >= 0.6 is 0 Å². The van der Waals surface area contributed by atoms with Crippen molar-refractivity contribution in [3.8, 4) is 28.7 Å². The summed E-state index contributed by atoms with van der Waals surface area (Å²) in [6, 6.07) is 18.3. The van der Waals surface area contributed by atoms with Gasteiger partial charge in [-0.1, -0.05) is 49.4 Å². The van der Waals surface area contributed by atoms with E-state index in [9.17, 15) is 45.6 Å². The number of aliphatic carboxylic acids is 1. The number of carboxylic acid groups (broad SMARTS) is 1. The number of carbonyl (C=O) groups is 1. The molecule has 16 heteroatoms. The first-order chi connectivity index (χ1) is 24.7. The molecule has 1 saturated heterocycles. The molecule has 1 fully saturated rings. The third-order valence-electron chi connectivity index (χ3n) is 9.22. The summed E-state index contributed by atoms with van der Waals surface area (Å²) >= 11 is 0. The third kappa shape index (κ3) is 6.39. The van der Waals surface area contributed by atoms with Crippen molar-refractivity contribution in [2.24, 2.45) is 16.5 Å². The van der Waals surface area contributed by atoms with Crippen molar-refractivity contribution in [3.05, 3.63) is 106 Å². The number of aromatic amines is 1. The highest BCUT2D eigenvalue weighted by molar-refractivity contribution is 5.81. The molecular weight excluding hydrogens is 680 g/mol. The van der Waals surface area contributed by atoms with Gasteiger partial charge in [-0.3, -0.25) is 4.99 Å². The second-order valence-electron chi connectivity index (χ2n) is 12.5. The van der Waals surface area contributed by atoms with Crippen LogP contribution in [0.4, 0.5) is 0 Å². The van der Waals surface area contributed by atoms with Gasteiger partial charge in [-0.15, -0.1) is 0 Å². The second-order valence-corrected chi connectivity index (χ2v) is 12.5. The van der Waals surface area contributed by atoms with Gasteiger partial charge in [0.1, 0.15) is 46.7 Å². The molecule has 2 aliphatic rings. The maximum Gasteiger partial charge on any atom is 0.335 e. The molecule has 4 aromatic rings. The Bertz CT molecular complexity index is 2010. The molecule has 2 aliphatic heterocycles. The van der Waals surface area contributed by atoms with Gasteiger partial charge in [0, 0.05) is 23.5 Å². The Morgan fingerprint density at radius 2 is 1.69 bits per heavy atom. The first-order valence-corrected chi connectivity index (χ1v) is 16.1. The number of carboxylic acids is 1. The lowest BCUT2D eigenvalue weighted by Crippen LogP contribution is -2.70. The molecule has 0 saturated carbocycles. The monoisotopic (exact) mass is 718 g/mol. The molecule has 0 aliphatic carbocycles. The van der Waals surface area contributed by atoms with E-state index in [2.05, 4.69) is 9.98 Å². The van der Waals surface area contributed by atoms with Crippen molar-refractivity contribution in [1.82, 2.24) is 4.98 Å². The number of fused-ring (bicyclic) bond motifs is 1. The number of phenols is 3. The Kier molecular flexibility index (Phi) is 9.65. The third-order valence-corrected chi connectivity index (χ3v) is 9.22. The molecule has 274 valence electrons. The van der Waals surface area contributed by atoms with Crippen LogP contribution in [0.25, 0.3) is 5.76 Å². The molecule has 3 aromatic carbocycles. The van der Waals surface area contributed by atoms with Crippen molar-refractivity contribution in [3.63, 3.8) is 0 Å². The topological polar surface area (TPSA) is 287 Å². The number of nitrogens with two attached hydrogens (primary N) is 2. The van der Waals surface area contributed by atoms with E-state index < -0.39 is 83.7 Å². The van der Waals surface area contributed by atoms with Crippen molar-refractivity contribution < 1.29 is 59.9 Å². The summed E-state index contributed by atoms with van der Waals surface area (Å²) < 4.78 is 17.4. The fourth-order valence-corrected chi connectivity index (χ4v) is 6.45. The van der Waals surface area contributed by atoms with Gasteiger partial charge in [0.05, 0.1) is 12.5 Å². The van der Waals surface area contributed by atoms with Gasteiger partial charge < -0.3 is 71.5 Å². The number of rotatable bonds is 10. The molecule has 7 atom stereocenters. The van der Waals surface area contributed by atoms with Gasteiger partial charge in [0.15, 0.2) is 23.6 Å². The number of hydrogen-bond donors (Lipinski definition) is 11. The van der Waals surface area contributed by atoms with Crippen LogP contribution in [0.1, 0.15) is 46.9 Å². The van der Waals surface area contributed by atoms with Crippen molar-refractivity contribution in [2.75, 3.05) is 6.54 Å². The van der Waals surface area contributed by atoms with E-state index in [1.165, 1.54) is 12.1 Å². The van der Waals surface area contributed by atoms with Gasteiger partial charge in [-0.05, 0) is 41.3 Å². The number of ether oxygens (including phenoxy) is 3. The van der Waals surface area contributed by atoms with Crippen LogP contribution < -0.4 is 20.9 Å². The molecule has 13 N–H and O–H groups in total. The maximum atomic E-state index is 12.1. The van der Waals surface area contributed by atoms with E-state index in [1.807, 2.05) is 49.5 Å². The largest absolute Gasteiger partial charge is 0.508 e. The number of benzene rings is 3. The zero-order chi connectivity index (χ0) is 37.5. The Morgan fingerprint density at radius 3 is 2.31 bits per heavy atom. The SMILES string of the molecule is CCc1c[nH]c([C@H](C2=C(O)c3c(cc(O[C@@H]4O[C@H](C(=O)O)[C@@H](O)[C@@](O)(CN=C(N)N)[C@H]4O)c(O)c3O)OC2c2ccc(O)cc2)c2ccccc2)c1.